The summed E-state index contributed by atoms with van der Waals surface area (Å²) in [7, 11) is 0. The minimum Gasteiger partial charge on any atom is -0.371 e. The molecule has 158 valence electrons. The number of anilines is 1. The number of carbonyl (C=O) groups excluding carboxylic acids is 1. The van der Waals surface area contributed by atoms with Crippen molar-refractivity contribution in [2.24, 2.45) is 0 Å². The number of fused-ring (bicyclic) bond motifs is 2. The van der Waals surface area contributed by atoms with Crippen LogP contribution in [0, 0.1) is 0 Å². The van der Waals surface area contributed by atoms with Gasteiger partial charge in [-0.05, 0) is 18.4 Å². The van der Waals surface area contributed by atoms with Gasteiger partial charge in [0.2, 0.25) is 0 Å². The van der Waals surface area contributed by atoms with Crippen LogP contribution in [0.5, 0.6) is 0 Å². The highest BCUT2D eigenvalue weighted by Gasteiger charge is 2.38. The SMILES string of the molecule is CC(C)c1nc(N[C@@H]2C[C@H]3CO[C@@H](c4ccccc4)CN3C2)c2c(n1)C(=O)NCC2. The lowest BCUT2D eigenvalue weighted by Gasteiger charge is -2.35. The monoisotopic (exact) mass is 407 g/mol. The number of benzene rings is 1. The molecule has 2 N–H and O–H groups in total. The first kappa shape index (κ1) is 19.5. The highest BCUT2D eigenvalue weighted by molar-refractivity contribution is 5.96. The Kier molecular flexibility index (Phi) is 5.16. The molecule has 0 bridgehead atoms. The predicted molar refractivity (Wildman–Crippen MR) is 115 cm³/mol. The topological polar surface area (TPSA) is 79.4 Å². The second kappa shape index (κ2) is 7.96. The zero-order valence-corrected chi connectivity index (χ0v) is 17.6. The van der Waals surface area contributed by atoms with Crippen molar-refractivity contribution < 1.29 is 9.53 Å². The van der Waals surface area contributed by atoms with Crippen molar-refractivity contribution in [2.75, 3.05) is 31.6 Å². The molecule has 3 atom stereocenters. The molecule has 2 fully saturated rings. The second-order valence-electron chi connectivity index (χ2n) is 8.84. The summed E-state index contributed by atoms with van der Waals surface area (Å²) < 4.78 is 6.18. The number of hydrogen-bond acceptors (Lipinski definition) is 6. The van der Waals surface area contributed by atoms with Crippen LogP contribution in [0.1, 0.15) is 59.7 Å². The first-order chi connectivity index (χ1) is 14.6. The van der Waals surface area contributed by atoms with Crippen LogP contribution >= 0.6 is 0 Å². The van der Waals surface area contributed by atoms with Crippen molar-refractivity contribution in [2.45, 2.75) is 50.8 Å². The molecule has 0 saturated carbocycles. The van der Waals surface area contributed by atoms with Crippen LogP contribution in [-0.4, -0.2) is 59.1 Å². The maximum absolute atomic E-state index is 12.4. The summed E-state index contributed by atoms with van der Waals surface area (Å²) in [6.07, 6.45) is 1.91. The van der Waals surface area contributed by atoms with Gasteiger partial charge in [0.15, 0.2) is 0 Å². The Morgan fingerprint density at radius 2 is 2.03 bits per heavy atom. The molecule has 1 amide bonds. The molecule has 0 unspecified atom stereocenters. The van der Waals surface area contributed by atoms with Gasteiger partial charge >= 0.3 is 0 Å². The lowest BCUT2D eigenvalue weighted by atomic mass is 10.0. The van der Waals surface area contributed by atoms with E-state index in [-0.39, 0.29) is 24.0 Å². The van der Waals surface area contributed by atoms with Gasteiger partial charge in [-0.3, -0.25) is 9.69 Å². The molecular weight excluding hydrogens is 378 g/mol. The highest BCUT2D eigenvalue weighted by atomic mass is 16.5. The Hall–Kier alpha value is -2.51. The zero-order chi connectivity index (χ0) is 20.7. The Morgan fingerprint density at radius 3 is 2.83 bits per heavy atom. The Morgan fingerprint density at radius 1 is 1.20 bits per heavy atom. The average molecular weight is 408 g/mol. The Labute approximate surface area is 177 Å². The molecule has 0 spiro atoms. The fourth-order valence-corrected chi connectivity index (χ4v) is 4.73. The number of carbonyl (C=O) groups is 1. The van der Waals surface area contributed by atoms with Crippen molar-refractivity contribution in [1.29, 1.82) is 0 Å². The van der Waals surface area contributed by atoms with Crippen molar-refractivity contribution in [3.63, 3.8) is 0 Å². The molecule has 30 heavy (non-hydrogen) atoms. The summed E-state index contributed by atoms with van der Waals surface area (Å²) >= 11 is 0. The van der Waals surface area contributed by atoms with Gasteiger partial charge < -0.3 is 15.4 Å². The second-order valence-corrected chi connectivity index (χ2v) is 8.84. The number of rotatable bonds is 4. The molecule has 2 saturated heterocycles. The summed E-state index contributed by atoms with van der Waals surface area (Å²) in [6.45, 7) is 7.37. The van der Waals surface area contributed by atoms with Crippen LogP contribution in [-0.2, 0) is 11.2 Å². The molecule has 3 aliphatic heterocycles. The first-order valence-corrected chi connectivity index (χ1v) is 10.9. The fourth-order valence-electron chi connectivity index (χ4n) is 4.73. The van der Waals surface area contributed by atoms with Crippen molar-refractivity contribution >= 4 is 11.7 Å². The van der Waals surface area contributed by atoms with E-state index in [0.717, 1.165) is 49.7 Å². The lowest BCUT2D eigenvalue weighted by molar-refractivity contribution is -0.0501. The quantitative estimate of drug-likeness (QED) is 0.811. The lowest BCUT2D eigenvalue weighted by Crippen LogP contribution is -2.42. The van der Waals surface area contributed by atoms with E-state index in [4.69, 9.17) is 9.72 Å². The van der Waals surface area contributed by atoms with Crippen molar-refractivity contribution in [1.82, 2.24) is 20.2 Å². The number of nitrogens with one attached hydrogen (secondary N) is 2. The molecule has 2 aromatic rings. The highest BCUT2D eigenvalue weighted by Crippen LogP contribution is 2.32. The molecule has 1 aromatic heterocycles. The van der Waals surface area contributed by atoms with Gasteiger partial charge in [-0.2, -0.15) is 0 Å². The smallest absolute Gasteiger partial charge is 0.270 e. The Balaban J connectivity index is 1.33. The molecule has 0 aliphatic carbocycles. The van der Waals surface area contributed by atoms with E-state index in [1.807, 2.05) is 6.07 Å². The fraction of sp³-hybridized carbons (Fsp3) is 0.522. The standard InChI is InChI=1S/C23H29N5O2/c1-14(2)21-26-20-18(8-9-24-23(20)29)22(27-21)25-16-10-17-13-30-19(12-28(17)11-16)15-6-4-3-5-7-15/h3-7,14,16-17,19H,8-13H2,1-2H3,(H,24,29)(H,25,26,27)/t16-,17+,19-/m1/s1. The summed E-state index contributed by atoms with van der Waals surface area (Å²) in [5.41, 5.74) is 2.72. The van der Waals surface area contributed by atoms with Gasteiger partial charge in [0.25, 0.3) is 5.91 Å². The normalized spacial score (nSPS) is 26.2. The average Bonchev–Trinajstić information content (AvgIpc) is 3.16. The maximum Gasteiger partial charge on any atom is 0.270 e. The van der Waals surface area contributed by atoms with Crippen LogP contribution in [0.25, 0.3) is 0 Å². The van der Waals surface area contributed by atoms with Crippen LogP contribution in [0.3, 0.4) is 0 Å². The van der Waals surface area contributed by atoms with E-state index in [9.17, 15) is 4.79 Å². The molecular formula is C23H29N5O2. The zero-order valence-electron chi connectivity index (χ0n) is 17.6. The number of ether oxygens (including phenoxy) is 1. The molecule has 3 aliphatic rings. The van der Waals surface area contributed by atoms with Gasteiger partial charge in [-0.15, -0.1) is 0 Å². The van der Waals surface area contributed by atoms with Crippen molar-refractivity contribution in [3.05, 3.63) is 53.0 Å². The minimum atomic E-state index is -0.0912. The third-order valence-corrected chi connectivity index (χ3v) is 6.35. The summed E-state index contributed by atoms with van der Waals surface area (Å²) in [6, 6.07) is 11.2. The summed E-state index contributed by atoms with van der Waals surface area (Å²) in [5, 5.41) is 6.57. The van der Waals surface area contributed by atoms with Crippen LogP contribution in [0.4, 0.5) is 5.82 Å². The third kappa shape index (κ3) is 3.68. The van der Waals surface area contributed by atoms with Crippen LogP contribution in [0.15, 0.2) is 30.3 Å². The maximum atomic E-state index is 12.4. The minimum absolute atomic E-state index is 0.0912. The largest absolute Gasteiger partial charge is 0.371 e. The van der Waals surface area contributed by atoms with Crippen molar-refractivity contribution in [3.8, 4) is 0 Å². The predicted octanol–water partition coefficient (Wildman–Crippen LogP) is 2.51. The number of aromatic nitrogens is 2. The van der Waals surface area contributed by atoms with E-state index >= 15 is 0 Å². The van der Waals surface area contributed by atoms with Gasteiger partial charge in [-0.1, -0.05) is 44.2 Å². The first-order valence-electron chi connectivity index (χ1n) is 10.9. The summed E-state index contributed by atoms with van der Waals surface area (Å²) in [4.78, 5) is 24.3. The Bertz CT molecular complexity index is 933. The van der Waals surface area contributed by atoms with E-state index < -0.39 is 0 Å². The molecule has 4 heterocycles. The van der Waals surface area contributed by atoms with Gasteiger partial charge in [0.1, 0.15) is 17.3 Å². The van der Waals surface area contributed by atoms with E-state index in [1.165, 1.54) is 5.56 Å². The molecule has 0 radical (unpaired) electrons. The van der Waals surface area contributed by atoms with Crippen LogP contribution in [0.2, 0.25) is 0 Å². The molecule has 1 aromatic carbocycles. The molecule has 5 rings (SSSR count). The van der Waals surface area contributed by atoms with E-state index in [2.05, 4.69) is 58.6 Å². The number of hydrogen-bond donors (Lipinski definition) is 2. The molecule has 7 nitrogen and oxygen atoms in total. The summed E-state index contributed by atoms with van der Waals surface area (Å²) in [5.74, 6) is 1.63. The number of morpholine rings is 1. The van der Waals surface area contributed by atoms with Crippen LogP contribution < -0.4 is 10.6 Å². The molecule has 7 heteroatoms. The van der Waals surface area contributed by atoms with Gasteiger partial charge in [-0.25, -0.2) is 9.97 Å². The van der Waals surface area contributed by atoms with E-state index in [0.29, 0.717) is 18.3 Å². The van der Waals surface area contributed by atoms with E-state index in [1.54, 1.807) is 0 Å². The number of amides is 1. The third-order valence-electron chi connectivity index (χ3n) is 6.35. The van der Waals surface area contributed by atoms with Gasteiger partial charge in [0, 0.05) is 43.2 Å². The van der Waals surface area contributed by atoms with Gasteiger partial charge in [0.05, 0.1) is 12.7 Å². The number of nitrogens with zero attached hydrogens (tertiary/aromatic N) is 3.